The minimum atomic E-state index is -0.933. The predicted octanol–water partition coefficient (Wildman–Crippen LogP) is 1.07. The van der Waals surface area contributed by atoms with Gasteiger partial charge in [0.05, 0.1) is 5.75 Å². The summed E-state index contributed by atoms with van der Waals surface area (Å²) < 4.78 is 1.47. The van der Waals surface area contributed by atoms with E-state index < -0.39 is 5.97 Å². The van der Waals surface area contributed by atoms with Crippen LogP contribution in [0.4, 0.5) is 0 Å². The number of carboxylic acid groups (broad SMARTS) is 1. The van der Waals surface area contributed by atoms with Crippen molar-refractivity contribution in [1.82, 2.24) is 14.8 Å². The maximum Gasteiger partial charge on any atom is 0.313 e. The van der Waals surface area contributed by atoms with Crippen molar-refractivity contribution in [3.8, 4) is 22.9 Å². The molecule has 1 aromatic carbocycles. The molecule has 2 aromatic rings. The molecule has 2 rings (SSSR count). The number of carbonyl (C=O) groups is 1. The molecule has 0 atom stereocenters. The van der Waals surface area contributed by atoms with Crippen LogP contribution in [0, 0.1) is 0 Å². The van der Waals surface area contributed by atoms with E-state index in [2.05, 4.69) is 10.1 Å². The monoisotopic (exact) mass is 281 g/mol. The Morgan fingerprint density at radius 2 is 2.11 bits per heavy atom. The third kappa shape index (κ3) is 2.97. The average Bonchev–Trinajstić information content (AvgIpc) is 2.71. The van der Waals surface area contributed by atoms with E-state index in [1.165, 1.54) is 16.8 Å². The number of carboxylic acids is 1. The zero-order valence-corrected chi connectivity index (χ0v) is 10.8. The first kappa shape index (κ1) is 13.2. The maximum absolute atomic E-state index is 10.5. The van der Waals surface area contributed by atoms with Gasteiger partial charge in [0.15, 0.2) is 22.5 Å². The van der Waals surface area contributed by atoms with Gasteiger partial charge in [0.25, 0.3) is 0 Å². The van der Waals surface area contributed by atoms with Gasteiger partial charge in [0, 0.05) is 12.6 Å². The second-order valence-corrected chi connectivity index (χ2v) is 4.67. The van der Waals surface area contributed by atoms with E-state index >= 15 is 0 Å². The van der Waals surface area contributed by atoms with Crippen molar-refractivity contribution in [2.45, 2.75) is 5.16 Å². The van der Waals surface area contributed by atoms with Crippen LogP contribution in [0.5, 0.6) is 11.5 Å². The van der Waals surface area contributed by atoms with Crippen molar-refractivity contribution in [2.75, 3.05) is 5.75 Å². The Morgan fingerprint density at radius 3 is 2.74 bits per heavy atom. The van der Waals surface area contributed by atoms with E-state index in [0.717, 1.165) is 11.8 Å². The Bertz CT molecular complexity index is 626. The fourth-order valence-electron chi connectivity index (χ4n) is 1.41. The molecule has 0 unspecified atom stereocenters. The Morgan fingerprint density at radius 1 is 1.37 bits per heavy atom. The number of phenolic OH excluding ortho intramolecular Hbond substituents is 2. The highest BCUT2D eigenvalue weighted by atomic mass is 32.2. The van der Waals surface area contributed by atoms with E-state index in [1.807, 2.05) is 0 Å². The van der Waals surface area contributed by atoms with Gasteiger partial charge in [-0.2, -0.15) is 5.10 Å². The Balaban J connectivity index is 2.28. The van der Waals surface area contributed by atoms with Gasteiger partial charge in [-0.15, -0.1) is 0 Å². The number of phenols is 2. The summed E-state index contributed by atoms with van der Waals surface area (Å²) in [6.45, 7) is 0. The Hall–Kier alpha value is -2.22. The summed E-state index contributed by atoms with van der Waals surface area (Å²) in [7, 11) is 1.65. The molecule has 0 aliphatic carbocycles. The van der Waals surface area contributed by atoms with Crippen LogP contribution in [0.25, 0.3) is 11.4 Å². The van der Waals surface area contributed by atoms with Gasteiger partial charge in [-0.25, -0.2) is 9.67 Å². The molecule has 0 amide bonds. The molecule has 100 valence electrons. The molecular weight excluding hydrogens is 270 g/mol. The molecule has 0 fully saturated rings. The first-order valence-corrected chi connectivity index (χ1v) is 6.24. The predicted molar refractivity (Wildman–Crippen MR) is 68.1 cm³/mol. The van der Waals surface area contributed by atoms with Crippen molar-refractivity contribution >= 4 is 17.7 Å². The number of thioether (sulfide) groups is 1. The number of hydrogen-bond donors (Lipinski definition) is 3. The van der Waals surface area contributed by atoms with E-state index in [4.69, 9.17) is 5.11 Å². The molecule has 0 aliphatic rings. The third-order valence-electron chi connectivity index (χ3n) is 2.28. The number of aromatic hydroxyl groups is 2. The van der Waals surface area contributed by atoms with E-state index in [0.29, 0.717) is 16.5 Å². The summed E-state index contributed by atoms with van der Waals surface area (Å²) in [6.07, 6.45) is 0. The number of aryl methyl sites for hydroxylation is 1. The number of benzene rings is 1. The first-order chi connectivity index (χ1) is 8.97. The molecule has 0 aliphatic heterocycles. The summed E-state index contributed by atoms with van der Waals surface area (Å²) in [5.41, 5.74) is 0.535. The van der Waals surface area contributed by atoms with Crippen LogP contribution in [-0.2, 0) is 11.8 Å². The highest BCUT2D eigenvalue weighted by molar-refractivity contribution is 7.99. The molecular formula is C11H11N3O4S. The fourth-order valence-corrected chi connectivity index (χ4v) is 2.04. The zero-order chi connectivity index (χ0) is 14.0. The number of hydrogen-bond acceptors (Lipinski definition) is 6. The molecule has 7 nitrogen and oxygen atoms in total. The fraction of sp³-hybridized carbons (Fsp3) is 0.182. The minimum absolute atomic E-state index is 0.104. The summed E-state index contributed by atoms with van der Waals surface area (Å²) in [4.78, 5) is 14.7. The van der Waals surface area contributed by atoms with Crippen molar-refractivity contribution in [3.05, 3.63) is 18.2 Å². The molecule has 0 saturated carbocycles. The van der Waals surface area contributed by atoms with Crippen LogP contribution in [0.1, 0.15) is 0 Å². The second kappa shape index (κ2) is 5.19. The van der Waals surface area contributed by atoms with Crippen LogP contribution in [0.15, 0.2) is 23.4 Å². The van der Waals surface area contributed by atoms with E-state index in [9.17, 15) is 15.0 Å². The second-order valence-electron chi connectivity index (χ2n) is 3.73. The molecule has 0 spiro atoms. The topological polar surface area (TPSA) is 108 Å². The van der Waals surface area contributed by atoms with Crippen LogP contribution in [-0.4, -0.2) is 41.8 Å². The van der Waals surface area contributed by atoms with Crippen molar-refractivity contribution in [2.24, 2.45) is 7.05 Å². The van der Waals surface area contributed by atoms with Crippen LogP contribution >= 0.6 is 11.8 Å². The van der Waals surface area contributed by atoms with Gasteiger partial charge in [-0.05, 0) is 18.2 Å². The van der Waals surface area contributed by atoms with Gasteiger partial charge < -0.3 is 15.3 Å². The summed E-state index contributed by atoms with van der Waals surface area (Å²) >= 11 is 1.06. The maximum atomic E-state index is 10.5. The van der Waals surface area contributed by atoms with Gasteiger partial charge in [-0.3, -0.25) is 4.79 Å². The smallest absolute Gasteiger partial charge is 0.313 e. The van der Waals surface area contributed by atoms with Crippen molar-refractivity contribution in [1.29, 1.82) is 0 Å². The summed E-state index contributed by atoms with van der Waals surface area (Å²) in [5, 5.41) is 31.9. The Labute approximate surface area is 112 Å². The quantitative estimate of drug-likeness (QED) is 0.568. The van der Waals surface area contributed by atoms with Crippen LogP contribution in [0.3, 0.4) is 0 Å². The summed E-state index contributed by atoms with van der Waals surface area (Å²) in [5.74, 6) is -1.17. The lowest BCUT2D eigenvalue weighted by atomic mass is 10.2. The largest absolute Gasteiger partial charge is 0.504 e. The molecule has 0 saturated heterocycles. The third-order valence-corrected chi connectivity index (χ3v) is 3.29. The van der Waals surface area contributed by atoms with Gasteiger partial charge in [0.1, 0.15) is 0 Å². The lowest BCUT2D eigenvalue weighted by molar-refractivity contribution is -0.133. The standard InChI is InChI=1S/C11H11N3O4S/c1-14-11(19-5-9(17)18)12-10(13-14)6-2-3-7(15)8(16)4-6/h2-4,15-16H,5H2,1H3,(H,17,18). The lowest BCUT2D eigenvalue weighted by Crippen LogP contribution is -2.00. The number of nitrogens with zero attached hydrogens (tertiary/aromatic N) is 3. The van der Waals surface area contributed by atoms with Crippen molar-refractivity contribution in [3.63, 3.8) is 0 Å². The number of aliphatic carboxylic acids is 1. The number of rotatable bonds is 4. The SMILES string of the molecule is Cn1nc(-c2ccc(O)c(O)c2)nc1SCC(=O)O. The average molecular weight is 281 g/mol. The van der Waals surface area contributed by atoms with Gasteiger partial charge in [0.2, 0.25) is 0 Å². The zero-order valence-electron chi connectivity index (χ0n) is 9.94. The molecule has 1 aromatic heterocycles. The lowest BCUT2D eigenvalue weighted by Gasteiger charge is -1.98. The molecule has 19 heavy (non-hydrogen) atoms. The first-order valence-electron chi connectivity index (χ1n) is 5.25. The summed E-state index contributed by atoms with van der Waals surface area (Å²) in [6, 6.07) is 4.25. The van der Waals surface area contributed by atoms with E-state index in [1.54, 1.807) is 13.1 Å². The number of aromatic nitrogens is 3. The van der Waals surface area contributed by atoms with Gasteiger partial charge >= 0.3 is 5.97 Å². The molecule has 3 N–H and O–H groups in total. The molecule has 1 heterocycles. The van der Waals surface area contributed by atoms with E-state index in [-0.39, 0.29) is 17.3 Å². The van der Waals surface area contributed by atoms with Crippen LogP contribution < -0.4 is 0 Å². The molecule has 0 radical (unpaired) electrons. The minimum Gasteiger partial charge on any atom is -0.504 e. The van der Waals surface area contributed by atoms with Gasteiger partial charge in [-0.1, -0.05) is 11.8 Å². The normalized spacial score (nSPS) is 10.6. The van der Waals surface area contributed by atoms with Crippen LogP contribution in [0.2, 0.25) is 0 Å². The highest BCUT2D eigenvalue weighted by Gasteiger charge is 2.12. The molecule has 0 bridgehead atoms. The molecule has 8 heteroatoms. The van der Waals surface area contributed by atoms with Crippen molar-refractivity contribution < 1.29 is 20.1 Å². The highest BCUT2D eigenvalue weighted by Crippen LogP contribution is 2.29. The Kier molecular flexibility index (Phi) is 3.61.